The van der Waals surface area contributed by atoms with Crippen molar-refractivity contribution in [2.75, 3.05) is 7.11 Å². The number of methoxy groups -OCH3 is 1. The van der Waals surface area contributed by atoms with E-state index in [-0.39, 0.29) is 0 Å². The highest BCUT2D eigenvalue weighted by Gasteiger charge is 2.20. The van der Waals surface area contributed by atoms with Crippen LogP contribution in [0.15, 0.2) is 18.2 Å². The molecule has 0 saturated heterocycles. The number of hydrogen-bond donors (Lipinski definition) is 1. The van der Waals surface area contributed by atoms with Gasteiger partial charge in [0.2, 0.25) is 0 Å². The van der Waals surface area contributed by atoms with Gasteiger partial charge in [-0.3, -0.25) is 4.68 Å². The van der Waals surface area contributed by atoms with Crippen molar-refractivity contribution in [2.24, 2.45) is 0 Å². The first-order valence-electron chi connectivity index (χ1n) is 7.02. The lowest BCUT2D eigenvalue weighted by Crippen LogP contribution is -2.10. The van der Waals surface area contributed by atoms with E-state index in [1.54, 1.807) is 7.11 Å². The molecule has 0 saturated carbocycles. The third-order valence-corrected chi connectivity index (χ3v) is 4.08. The van der Waals surface area contributed by atoms with E-state index in [0.717, 1.165) is 29.1 Å². The fourth-order valence-corrected chi connectivity index (χ4v) is 2.68. The van der Waals surface area contributed by atoms with Crippen LogP contribution < -0.4 is 4.74 Å². The van der Waals surface area contributed by atoms with Crippen molar-refractivity contribution in [3.8, 4) is 5.75 Å². The van der Waals surface area contributed by atoms with Crippen molar-refractivity contribution in [3.63, 3.8) is 0 Å². The highest BCUT2D eigenvalue weighted by Crippen LogP contribution is 2.31. The van der Waals surface area contributed by atoms with Crippen molar-refractivity contribution in [1.82, 2.24) is 9.78 Å². The van der Waals surface area contributed by atoms with Gasteiger partial charge >= 0.3 is 0 Å². The molecule has 4 nitrogen and oxygen atoms in total. The second-order valence-electron chi connectivity index (χ2n) is 5.13. The molecule has 1 unspecified atom stereocenters. The molecule has 0 radical (unpaired) electrons. The molecule has 0 aliphatic heterocycles. The molecule has 21 heavy (non-hydrogen) atoms. The molecule has 1 aromatic heterocycles. The Kier molecular flexibility index (Phi) is 4.91. The molecule has 0 aliphatic rings. The zero-order chi connectivity index (χ0) is 15.6. The number of aryl methyl sites for hydroxylation is 3. The summed E-state index contributed by atoms with van der Waals surface area (Å²) in [5, 5.41) is 15.6. The fraction of sp³-hybridized carbons (Fsp3) is 0.438. The Hall–Kier alpha value is -1.52. The summed E-state index contributed by atoms with van der Waals surface area (Å²) < 4.78 is 7.17. The van der Waals surface area contributed by atoms with Gasteiger partial charge in [-0.2, -0.15) is 5.10 Å². The number of hydrogen-bond acceptors (Lipinski definition) is 3. The lowest BCUT2D eigenvalue weighted by Gasteiger charge is -2.16. The van der Waals surface area contributed by atoms with E-state index in [1.165, 1.54) is 0 Å². The quantitative estimate of drug-likeness (QED) is 0.920. The van der Waals surface area contributed by atoms with Crippen LogP contribution in [0.5, 0.6) is 5.75 Å². The first kappa shape index (κ1) is 15.9. The Morgan fingerprint density at radius 1 is 1.38 bits per heavy atom. The van der Waals surface area contributed by atoms with Crippen LogP contribution in [-0.2, 0) is 13.0 Å². The molecule has 114 valence electrons. The van der Waals surface area contributed by atoms with Gasteiger partial charge in [0, 0.05) is 18.5 Å². The first-order valence-corrected chi connectivity index (χ1v) is 7.40. The van der Waals surface area contributed by atoms with Gasteiger partial charge in [-0.15, -0.1) is 0 Å². The van der Waals surface area contributed by atoms with Crippen molar-refractivity contribution in [1.29, 1.82) is 0 Å². The molecule has 2 rings (SSSR count). The highest BCUT2D eigenvalue weighted by atomic mass is 35.5. The van der Waals surface area contributed by atoms with E-state index < -0.39 is 6.10 Å². The van der Waals surface area contributed by atoms with E-state index >= 15 is 0 Å². The maximum absolute atomic E-state index is 10.6. The molecule has 2 aromatic rings. The van der Waals surface area contributed by atoms with Gasteiger partial charge in [0.25, 0.3) is 0 Å². The zero-order valence-corrected chi connectivity index (χ0v) is 13.6. The van der Waals surface area contributed by atoms with Gasteiger partial charge in [-0.05, 0) is 32.9 Å². The van der Waals surface area contributed by atoms with E-state index in [2.05, 4.69) is 5.10 Å². The van der Waals surface area contributed by atoms with Crippen molar-refractivity contribution in [2.45, 2.75) is 39.8 Å². The maximum atomic E-state index is 10.6. The van der Waals surface area contributed by atoms with Crippen molar-refractivity contribution < 1.29 is 9.84 Å². The van der Waals surface area contributed by atoms with Crippen LogP contribution >= 0.6 is 11.6 Å². The predicted molar refractivity (Wildman–Crippen MR) is 84.0 cm³/mol. The molecule has 1 N–H and O–H groups in total. The van der Waals surface area contributed by atoms with E-state index in [1.807, 2.05) is 43.7 Å². The Morgan fingerprint density at radius 3 is 2.71 bits per heavy atom. The van der Waals surface area contributed by atoms with Crippen LogP contribution in [0, 0.1) is 13.8 Å². The smallest absolute Gasteiger partial charge is 0.124 e. The van der Waals surface area contributed by atoms with Crippen LogP contribution in [0.4, 0.5) is 0 Å². The molecule has 0 aliphatic carbocycles. The van der Waals surface area contributed by atoms with Crippen LogP contribution in [0.25, 0.3) is 0 Å². The van der Waals surface area contributed by atoms with Gasteiger partial charge in [0.15, 0.2) is 0 Å². The minimum Gasteiger partial charge on any atom is -0.496 e. The van der Waals surface area contributed by atoms with Crippen molar-refractivity contribution >= 4 is 11.6 Å². The summed E-state index contributed by atoms with van der Waals surface area (Å²) >= 11 is 6.30. The van der Waals surface area contributed by atoms with Gasteiger partial charge in [-0.25, -0.2) is 0 Å². The standard InChI is InChI=1S/C16H21ClN2O2/c1-5-19-13(16(17)11(3)18-19)9-14(20)12-8-10(2)6-7-15(12)21-4/h6-8,14,20H,5,9H2,1-4H3. The number of rotatable bonds is 5. The Labute approximate surface area is 130 Å². The third kappa shape index (κ3) is 3.22. The summed E-state index contributed by atoms with van der Waals surface area (Å²) in [4.78, 5) is 0. The summed E-state index contributed by atoms with van der Waals surface area (Å²) in [6.45, 7) is 6.59. The van der Waals surface area contributed by atoms with E-state index in [0.29, 0.717) is 17.2 Å². The van der Waals surface area contributed by atoms with Crippen LogP contribution in [0.1, 0.15) is 35.5 Å². The normalized spacial score (nSPS) is 12.5. The van der Waals surface area contributed by atoms with Crippen LogP contribution in [0.3, 0.4) is 0 Å². The molecule has 0 amide bonds. The lowest BCUT2D eigenvalue weighted by atomic mass is 10.0. The van der Waals surface area contributed by atoms with Crippen LogP contribution in [-0.4, -0.2) is 22.0 Å². The SMILES string of the molecule is CCn1nc(C)c(Cl)c1CC(O)c1cc(C)ccc1OC. The molecule has 1 atom stereocenters. The number of ether oxygens (including phenoxy) is 1. The number of benzene rings is 1. The molecule has 0 spiro atoms. The number of aliphatic hydroxyl groups is 1. The number of aromatic nitrogens is 2. The molecule has 1 aromatic carbocycles. The molecular weight excluding hydrogens is 288 g/mol. The second kappa shape index (κ2) is 6.50. The average molecular weight is 309 g/mol. The zero-order valence-electron chi connectivity index (χ0n) is 12.9. The predicted octanol–water partition coefficient (Wildman–Crippen LogP) is 3.46. The number of nitrogens with zero attached hydrogens (tertiary/aromatic N) is 2. The molecule has 0 fully saturated rings. The van der Waals surface area contributed by atoms with E-state index in [4.69, 9.17) is 16.3 Å². The minimum atomic E-state index is -0.682. The number of halogens is 1. The fourth-order valence-electron chi connectivity index (χ4n) is 2.47. The Bertz CT molecular complexity index is 637. The van der Waals surface area contributed by atoms with Crippen molar-refractivity contribution in [3.05, 3.63) is 45.7 Å². The molecule has 1 heterocycles. The Morgan fingerprint density at radius 2 is 2.10 bits per heavy atom. The third-order valence-electron chi connectivity index (χ3n) is 3.58. The second-order valence-corrected chi connectivity index (χ2v) is 5.51. The average Bonchev–Trinajstić information content (AvgIpc) is 2.74. The van der Waals surface area contributed by atoms with Gasteiger partial charge in [0.1, 0.15) is 5.75 Å². The summed E-state index contributed by atoms with van der Waals surface area (Å²) in [5.41, 5.74) is 3.50. The van der Waals surface area contributed by atoms with Gasteiger partial charge < -0.3 is 9.84 Å². The summed E-state index contributed by atoms with van der Waals surface area (Å²) in [6, 6.07) is 5.78. The van der Waals surface area contributed by atoms with Gasteiger partial charge in [-0.1, -0.05) is 23.2 Å². The summed E-state index contributed by atoms with van der Waals surface area (Å²) in [7, 11) is 1.61. The van der Waals surface area contributed by atoms with E-state index in [9.17, 15) is 5.11 Å². The Balaban J connectivity index is 2.34. The van der Waals surface area contributed by atoms with Crippen LogP contribution in [0.2, 0.25) is 5.02 Å². The number of aliphatic hydroxyl groups excluding tert-OH is 1. The highest BCUT2D eigenvalue weighted by molar-refractivity contribution is 6.31. The first-order chi connectivity index (χ1) is 9.97. The summed E-state index contributed by atoms with van der Waals surface area (Å²) in [6.07, 6.45) is -0.272. The topological polar surface area (TPSA) is 47.3 Å². The summed E-state index contributed by atoms with van der Waals surface area (Å²) in [5.74, 6) is 0.684. The minimum absolute atomic E-state index is 0.410. The van der Waals surface area contributed by atoms with Gasteiger partial charge in [0.05, 0.1) is 29.6 Å². The largest absolute Gasteiger partial charge is 0.496 e. The lowest BCUT2D eigenvalue weighted by molar-refractivity contribution is 0.171. The monoisotopic (exact) mass is 308 g/mol. The molecule has 5 heteroatoms. The maximum Gasteiger partial charge on any atom is 0.124 e. The molecule has 0 bridgehead atoms. The molecular formula is C16H21ClN2O2.